The molecular weight excluding hydrogens is 402 g/mol. The van der Waals surface area contributed by atoms with Crippen molar-refractivity contribution < 1.29 is 9.53 Å². The third-order valence-corrected chi connectivity index (χ3v) is 5.25. The lowest BCUT2D eigenvalue weighted by molar-refractivity contribution is -0.113. The molecule has 30 heavy (non-hydrogen) atoms. The van der Waals surface area contributed by atoms with Gasteiger partial charge in [0.15, 0.2) is 10.8 Å². The van der Waals surface area contributed by atoms with E-state index in [9.17, 15) is 9.59 Å². The Kier molecular flexibility index (Phi) is 5.53. The van der Waals surface area contributed by atoms with Crippen molar-refractivity contribution in [1.82, 2.24) is 19.7 Å². The monoisotopic (exact) mass is 421 g/mol. The fourth-order valence-corrected chi connectivity index (χ4v) is 3.59. The number of methoxy groups -OCH3 is 1. The lowest BCUT2D eigenvalue weighted by Crippen LogP contribution is -2.15. The maximum Gasteiger partial charge on any atom is 0.262 e. The van der Waals surface area contributed by atoms with E-state index in [1.165, 1.54) is 6.20 Å². The maximum atomic E-state index is 12.4. The first kappa shape index (κ1) is 19.7. The average molecular weight is 421 g/mol. The van der Waals surface area contributed by atoms with Gasteiger partial charge in [0.2, 0.25) is 5.91 Å². The van der Waals surface area contributed by atoms with E-state index in [1.807, 2.05) is 43.3 Å². The number of rotatable bonds is 6. The number of thioether (sulfide) groups is 1. The zero-order valence-corrected chi connectivity index (χ0v) is 17.2. The summed E-state index contributed by atoms with van der Waals surface area (Å²) in [7, 11) is 1.60. The van der Waals surface area contributed by atoms with Crippen LogP contribution in [0, 0.1) is 6.92 Å². The molecule has 1 amide bonds. The molecule has 2 heterocycles. The van der Waals surface area contributed by atoms with E-state index in [0.29, 0.717) is 16.2 Å². The number of anilines is 1. The van der Waals surface area contributed by atoms with Crippen molar-refractivity contribution in [3.63, 3.8) is 0 Å². The van der Waals surface area contributed by atoms with Gasteiger partial charge >= 0.3 is 0 Å². The van der Waals surface area contributed by atoms with Gasteiger partial charge in [-0.2, -0.15) is 5.10 Å². The van der Waals surface area contributed by atoms with E-state index < -0.39 is 0 Å². The highest BCUT2D eigenvalue weighted by atomic mass is 32.2. The standard InChI is InChI=1S/C21H19N5O3S/c1-13-4-3-5-14(10-13)23-18(27)12-30-21-24-19-17(20(28)25-21)11-22-26(19)15-6-8-16(29-2)9-7-15/h3-11H,12H2,1-2H3,(H,23,27)(H,24,25,28). The Morgan fingerprint density at radius 3 is 2.77 bits per heavy atom. The van der Waals surface area contributed by atoms with Gasteiger partial charge in [0.1, 0.15) is 11.1 Å². The number of fused-ring (bicyclic) bond motifs is 1. The minimum Gasteiger partial charge on any atom is -0.497 e. The molecule has 4 rings (SSSR count). The predicted molar refractivity (Wildman–Crippen MR) is 117 cm³/mol. The zero-order chi connectivity index (χ0) is 21.1. The van der Waals surface area contributed by atoms with Gasteiger partial charge < -0.3 is 15.0 Å². The lowest BCUT2D eigenvalue weighted by atomic mass is 10.2. The number of hydrogen-bond donors (Lipinski definition) is 2. The van der Waals surface area contributed by atoms with Gasteiger partial charge in [-0.1, -0.05) is 23.9 Å². The second-order valence-corrected chi connectivity index (χ2v) is 7.53. The highest BCUT2D eigenvalue weighted by molar-refractivity contribution is 7.99. The summed E-state index contributed by atoms with van der Waals surface area (Å²) in [6.45, 7) is 1.96. The number of carbonyl (C=O) groups excluding carboxylic acids is 1. The van der Waals surface area contributed by atoms with Gasteiger partial charge in [0.05, 0.1) is 24.7 Å². The van der Waals surface area contributed by atoms with Crippen LogP contribution in [0.4, 0.5) is 5.69 Å². The van der Waals surface area contributed by atoms with Crippen molar-refractivity contribution in [3.8, 4) is 11.4 Å². The Balaban J connectivity index is 1.54. The number of benzene rings is 2. The molecule has 2 N–H and O–H groups in total. The second-order valence-electron chi connectivity index (χ2n) is 6.57. The second kappa shape index (κ2) is 8.42. The summed E-state index contributed by atoms with van der Waals surface area (Å²) in [5, 5.41) is 7.85. The van der Waals surface area contributed by atoms with Crippen molar-refractivity contribution in [3.05, 3.63) is 70.6 Å². The summed E-state index contributed by atoms with van der Waals surface area (Å²) in [4.78, 5) is 31.9. The van der Waals surface area contributed by atoms with E-state index in [0.717, 1.165) is 34.4 Å². The molecule has 152 valence electrons. The molecular formula is C21H19N5O3S. The summed E-state index contributed by atoms with van der Waals surface area (Å²) in [6, 6.07) is 14.8. The molecule has 0 aliphatic carbocycles. The van der Waals surface area contributed by atoms with Crippen molar-refractivity contribution >= 4 is 34.4 Å². The maximum absolute atomic E-state index is 12.4. The summed E-state index contributed by atoms with van der Waals surface area (Å²) < 4.78 is 6.76. The van der Waals surface area contributed by atoms with Gasteiger partial charge in [-0.15, -0.1) is 0 Å². The fraction of sp³-hybridized carbons (Fsp3) is 0.143. The Morgan fingerprint density at radius 2 is 2.03 bits per heavy atom. The summed E-state index contributed by atoms with van der Waals surface area (Å²) >= 11 is 1.15. The first-order valence-electron chi connectivity index (χ1n) is 9.15. The molecule has 0 saturated heterocycles. The molecule has 2 aromatic heterocycles. The van der Waals surface area contributed by atoms with E-state index in [1.54, 1.807) is 23.9 Å². The van der Waals surface area contributed by atoms with Crippen LogP contribution in [0.3, 0.4) is 0 Å². The van der Waals surface area contributed by atoms with E-state index >= 15 is 0 Å². The smallest absolute Gasteiger partial charge is 0.262 e. The number of aromatic nitrogens is 4. The first-order valence-corrected chi connectivity index (χ1v) is 10.1. The Labute approximate surface area is 176 Å². The van der Waals surface area contributed by atoms with Crippen LogP contribution in [0.15, 0.2) is 64.7 Å². The van der Waals surface area contributed by atoms with Crippen molar-refractivity contribution in [1.29, 1.82) is 0 Å². The third kappa shape index (κ3) is 4.20. The number of nitrogens with one attached hydrogen (secondary N) is 2. The van der Waals surface area contributed by atoms with Crippen molar-refractivity contribution in [2.75, 3.05) is 18.2 Å². The van der Waals surface area contributed by atoms with Crippen LogP contribution in [0.25, 0.3) is 16.7 Å². The van der Waals surface area contributed by atoms with Crippen LogP contribution < -0.4 is 15.6 Å². The molecule has 9 heteroatoms. The van der Waals surface area contributed by atoms with Gasteiger partial charge in [-0.25, -0.2) is 9.67 Å². The number of nitrogens with zero attached hydrogens (tertiary/aromatic N) is 3. The summed E-state index contributed by atoms with van der Waals surface area (Å²) in [5.41, 5.74) is 2.66. The average Bonchev–Trinajstić information content (AvgIpc) is 3.17. The largest absolute Gasteiger partial charge is 0.497 e. The SMILES string of the molecule is COc1ccc(-n2ncc3c(=O)[nH]c(SCC(=O)Nc4cccc(C)c4)nc32)cc1. The molecule has 4 aromatic rings. The van der Waals surface area contributed by atoms with Gasteiger partial charge in [0.25, 0.3) is 5.56 Å². The quantitative estimate of drug-likeness (QED) is 0.366. The number of ether oxygens (including phenoxy) is 1. The van der Waals surface area contributed by atoms with Gasteiger partial charge in [0, 0.05) is 5.69 Å². The molecule has 2 aromatic carbocycles. The molecule has 0 aliphatic heterocycles. The minimum atomic E-state index is -0.304. The predicted octanol–water partition coefficient (Wildman–Crippen LogP) is 3.16. The lowest BCUT2D eigenvalue weighted by Gasteiger charge is -2.07. The van der Waals surface area contributed by atoms with E-state index in [4.69, 9.17) is 4.74 Å². The molecule has 0 aliphatic rings. The summed E-state index contributed by atoms with van der Waals surface area (Å²) in [6.07, 6.45) is 1.48. The minimum absolute atomic E-state index is 0.110. The molecule has 0 bridgehead atoms. The van der Waals surface area contributed by atoms with Crippen LogP contribution >= 0.6 is 11.8 Å². The number of aryl methyl sites for hydroxylation is 1. The molecule has 0 fully saturated rings. The molecule has 0 unspecified atom stereocenters. The number of hydrogen-bond acceptors (Lipinski definition) is 6. The molecule has 0 saturated carbocycles. The third-order valence-electron chi connectivity index (χ3n) is 4.38. The zero-order valence-electron chi connectivity index (χ0n) is 16.4. The highest BCUT2D eigenvalue weighted by Crippen LogP contribution is 2.20. The first-order chi connectivity index (χ1) is 14.5. The van der Waals surface area contributed by atoms with Crippen LogP contribution in [-0.4, -0.2) is 38.5 Å². The number of aromatic amines is 1. The Bertz CT molecular complexity index is 1260. The van der Waals surface area contributed by atoms with Crippen LogP contribution in [-0.2, 0) is 4.79 Å². The van der Waals surface area contributed by atoms with Crippen LogP contribution in [0.5, 0.6) is 5.75 Å². The fourth-order valence-electron chi connectivity index (χ4n) is 2.93. The normalized spacial score (nSPS) is 10.9. The molecule has 0 atom stereocenters. The Hall–Kier alpha value is -3.59. The van der Waals surface area contributed by atoms with Gasteiger partial charge in [-0.05, 0) is 48.9 Å². The van der Waals surface area contributed by atoms with E-state index in [2.05, 4.69) is 20.4 Å². The van der Waals surface area contributed by atoms with E-state index in [-0.39, 0.29) is 17.2 Å². The Morgan fingerprint density at radius 1 is 1.23 bits per heavy atom. The highest BCUT2D eigenvalue weighted by Gasteiger charge is 2.13. The number of H-pyrrole nitrogens is 1. The van der Waals surface area contributed by atoms with Gasteiger partial charge in [-0.3, -0.25) is 9.59 Å². The number of amides is 1. The topological polar surface area (TPSA) is 102 Å². The van der Waals surface area contributed by atoms with Crippen LogP contribution in [0.2, 0.25) is 0 Å². The van der Waals surface area contributed by atoms with Crippen molar-refractivity contribution in [2.45, 2.75) is 12.1 Å². The number of carbonyl (C=O) groups is 1. The molecule has 0 radical (unpaired) electrons. The molecule has 8 nitrogen and oxygen atoms in total. The molecule has 0 spiro atoms. The van der Waals surface area contributed by atoms with Crippen LogP contribution in [0.1, 0.15) is 5.56 Å². The summed E-state index contributed by atoms with van der Waals surface area (Å²) in [5.74, 6) is 0.646. The van der Waals surface area contributed by atoms with Crippen molar-refractivity contribution in [2.24, 2.45) is 0 Å².